The first-order valence-corrected chi connectivity index (χ1v) is 6.47. The van der Waals surface area contributed by atoms with Gasteiger partial charge in [-0.3, -0.25) is 0 Å². The van der Waals surface area contributed by atoms with Crippen molar-refractivity contribution in [1.29, 1.82) is 0 Å². The summed E-state index contributed by atoms with van der Waals surface area (Å²) in [7, 11) is 0. The van der Waals surface area contributed by atoms with Crippen molar-refractivity contribution in [2.45, 2.75) is 25.5 Å². The van der Waals surface area contributed by atoms with E-state index in [2.05, 4.69) is 5.32 Å². The SMILES string of the molecule is CCNC(Cc1ccccc1F)C1COCCO1. The predicted molar refractivity (Wildman–Crippen MR) is 68.1 cm³/mol. The van der Waals surface area contributed by atoms with Gasteiger partial charge < -0.3 is 14.8 Å². The summed E-state index contributed by atoms with van der Waals surface area (Å²) in [5.41, 5.74) is 0.720. The minimum atomic E-state index is -0.155. The second-order valence-corrected chi connectivity index (χ2v) is 4.44. The fourth-order valence-corrected chi connectivity index (χ4v) is 2.24. The number of hydrogen-bond donors (Lipinski definition) is 1. The van der Waals surface area contributed by atoms with Crippen LogP contribution in [0.4, 0.5) is 4.39 Å². The Morgan fingerprint density at radius 2 is 2.22 bits per heavy atom. The van der Waals surface area contributed by atoms with E-state index in [1.807, 2.05) is 19.1 Å². The molecule has 0 bridgehead atoms. The molecule has 4 heteroatoms. The minimum Gasteiger partial charge on any atom is -0.376 e. The molecule has 0 spiro atoms. The average Bonchev–Trinajstić information content (AvgIpc) is 2.42. The first-order chi connectivity index (χ1) is 8.81. The summed E-state index contributed by atoms with van der Waals surface area (Å²) in [4.78, 5) is 0. The molecule has 0 saturated carbocycles. The lowest BCUT2D eigenvalue weighted by Crippen LogP contribution is -2.48. The third-order valence-electron chi connectivity index (χ3n) is 3.15. The first-order valence-electron chi connectivity index (χ1n) is 6.47. The number of ether oxygens (including phenoxy) is 2. The molecule has 100 valence electrons. The highest BCUT2D eigenvalue weighted by atomic mass is 19.1. The van der Waals surface area contributed by atoms with Crippen molar-refractivity contribution in [1.82, 2.24) is 5.32 Å². The molecule has 1 fully saturated rings. The highest BCUT2D eigenvalue weighted by molar-refractivity contribution is 5.18. The Hall–Kier alpha value is -0.970. The third kappa shape index (κ3) is 3.51. The van der Waals surface area contributed by atoms with Crippen molar-refractivity contribution in [2.24, 2.45) is 0 Å². The van der Waals surface area contributed by atoms with Crippen LogP contribution < -0.4 is 5.32 Å². The van der Waals surface area contributed by atoms with Crippen molar-refractivity contribution in [3.8, 4) is 0 Å². The van der Waals surface area contributed by atoms with E-state index >= 15 is 0 Å². The molecular weight excluding hydrogens is 233 g/mol. The van der Waals surface area contributed by atoms with Gasteiger partial charge in [0.2, 0.25) is 0 Å². The van der Waals surface area contributed by atoms with E-state index in [1.54, 1.807) is 6.07 Å². The summed E-state index contributed by atoms with van der Waals surface area (Å²) >= 11 is 0. The van der Waals surface area contributed by atoms with E-state index in [9.17, 15) is 4.39 Å². The highest BCUT2D eigenvalue weighted by Crippen LogP contribution is 2.14. The molecule has 1 aliphatic rings. The molecule has 1 saturated heterocycles. The molecule has 1 aliphatic heterocycles. The Morgan fingerprint density at radius 3 is 2.89 bits per heavy atom. The maximum atomic E-state index is 13.7. The fraction of sp³-hybridized carbons (Fsp3) is 0.571. The molecule has 2 unspecified atom stereocenters. The molecule has 0 radical (unpaired) electrons. The molecule has 3 nitrogen and oxygen atoms in total. The summed E-state index contributed by atoms with van der Waals surface area (Å²) < 4.78 is 24.8. The first kappa shape index (κ1) is 13.5. The lowest BCUT2D eigenvalue weighted by Gasteiger charge is -2.31. The number of rotatable bonds is 5. The molecule has 1 aromatic rings. The van der Waals surface area contributed by atoms with E-state index in [0.717, 1.165) is 12.1 Å². The van der Waals surface area contributed by atoms with Gasteiger partial charge in [0.05, 0.1) is 25.9 Å². The summed E-state index contributed by atoms with van der Waals surface area (Å²) in [6, 6.07) is 6.98. The maximum Gasteiger partial charge on any atom is 0.126 e. The normalized spacial score (nSPS) is 21.8. The fourth-order valence-electron chi connectivity index (χ4n) is 2.24. The van der Waals surface area contributed by atoms with Gasteiger partial charge >= 0.3 is 0 Å². The van der Waals surface area contributed by atoms with Crippen molar-refractivity contribution in [3.05, 3.63) is 35.6 Å². The topological polar surface area (TPSA) is 30.5 Å². The number of halogens is 1. The smallest absolute Gasteiger partial charge is 0.126 e. The van der Waals surface area contributed by atoms with E-state index in [0.29, 0.717) is 26.2 Å². The van der Waals surface area contributed by atoms with Crippen LogP contribution in [-0.4, -0.2) is 38.5 Å². The summed E-state index contributed by atoms with van der Waals surface area (Å²) in [5.74, 6) is -0.155. The Morgan fingerprint density at radius 1 is 1.39 bits per heavy atom. The van der Waals surface area contributed by atoms with Crippen LogP contribution in [0.15, 0.2) is 24.3 Å². The van der Waals surface area contributed by atoms with Crippen LogP contribution in [0.1, 0.15) is 12.5 Å². The van der Waals surface area contributed by atoms with E-state index in [4.69, 9.17) is 9.47 Å². The zero-order valence-corrected chi connectivity index (χ0v) is 10.7. The summed E-state index contributed by atoms with van der Waals surface area (Å²) in [6.45, 7) is 4.71. The van der Waals surface area contributed by atoms with Gasteiger partial charge in [-0.05, 0) is 24.6 Å². The van der Waals surface area contributed by atoms with Gasteiger partial charge in [-0.25, -0.2) is 4.39 Å². The van der Waals surface area contributed by atoms with Crippen molar-refractivity contribution < 1.29 is 13.9 Å². The lowest BCUT2D eigenvalue weighted by molar-refractivity contribution is -0.101. The number of likely N-dealkylation sites (N-methyl/N-ethyl adjacent to an activating group) is 1. The van der Waals surface area contributed by atoms with Crippen molar-refractivity contribution in [3.63, 3.8) is 0 Å². The van der Waals surface area contributed by atoms with Gasteiger partial charge in [-0.2, -0.15) is 0 Å². The number of hydrogen-bond acceptors (Lipinski definition) is 3. The monoisotopic (exact) mass is 253 g/mol. The molecule has 1 heterocycles. The van der Waals surface area contributed by atoms with Gasteiger partial charge in [0.1, 0.15) is 5.82 Å². The standard InChI is InChI=1S/C14H20FNO2/c1-2-16-13(14-10-17-7-8-18-14)9-11-5-3-4-6-12(11)15/h3-6,13-14,16H,2,7-10H2,1H3. The average molecular weight is 253 g/mol. The largest absolute Gasteiger partial charge is 0.376 e. The maximum absolute atomic E-state index is 13.7. The number of benzene rings is 1. The second-order valence-electron chi connectivity index (χ2n) is 4.44. The van der Waals surface area contributed by atoms with Crippen LogP contribution in [-0.2, 0) is 15.9 Å². The molecular formula is C14H20FNO2. The van der Waals surface area contributed by atoms with E-state index < -0.39 is 0 Å². The molecule has 2 rings (SSSR count). The Kier molecular flexibility index (Phi) is 5.11. The highest BCUT2D eigenvalue weighted by Gasteiger charge is 2.25. The van der Waals surface area contributed by atoms with Crippen LogP contribution in [0.3, 0.4) is 0 Å². The summed E-state index contributed by atoms with van der Waals surface area (Å²) in [5, 5.41) is 3.36. The molecule has 18 heavy (non-hydrogen) atoms. The predicted octanol–water partition coefficient (Wildman–Crippen LogP) is 1.76. The molecule has 1 N–H and O–H groups in total. The molecule has 0 amide bonds. The molecule has 2 atom stereocenters. The lowest BCUT2D eigenvalue weighted by atomic mass is 10.0. The van der Waals surface area contributed by atoms with Gasteiger partial charge in [-0.1, -0.05) is 25.1 Å². The van der Waals surface area contributed by atoms with Crippen molar-refractivity contribution >= 4 is 0 Å². The van der Waals surface area contributed by atoms with Crippen LogP contribution in [0.25, 0.3) is 0 Å². The van der Waals surface area contributed by atoms with Crippen LogP contribution >= 0.6 is 0 Å². The quantitative estimate of drug-likeness (QED) is 0.867. The third-order valence-corrected chi connectivity index (χ3v) is 3.15. The van der Waals surface area contributed by atoms with E-state index in [1.165, 1.54) is 6.07 Å². The van der Waals surface area contributed by atoms with Crippen molar-refractivity contribution in [2.75, 3.05) is 26.4 Å². The van der Waals surface area contributed by atoms with Crippen LogP contribution in [0.5, 0.6) is 0 Å². The Bertz CT molecular complexity index is 367. The molecule has 0 aromatic heterocycles. The molecule has 0 aliphatic carbocycles. The second kappa shape index (κ2) is 6.83. The van der Waals surface area contributed by atoms with E-state index in [-0.39, 0.29) is 18.0 Å². The van der Waals surface area contributed by atoms with Crippen LogP contribution in [0, 0.1) is 5.82 Å². The Balaban J connectivity index is 2.03. The minimum absolute atomic E-state index is 0.00157. The van der Waals surface area contributed by atoms with Gasteiger partial charge in [0, 0.05) is 6.04 Å². The number of nitrogens with one attached hydrogen (secondary N) is 1. The zero-order chi connectivity index (χ0) is 12.8. The van der Waals surface area contributed by atoms with Crippen LogP contribution in [0.2, 0.25) is 0 Å². The van der Waals surface area contributed by atoms with Gasteiger partial charge in [-0.15, -0.1) is 0 Å². The Labute approximate surface area is 107 Å². The zero-order valence-electron chi connectivity index (χ0n) is 10.7. The van der Waals surface area contributed by atoms with Gasteiger partial charge in [0.15, 0.2) is 0 Å². The summed E-state index contributed by atoms with van der Waals surface area (Å²) in [6.07, 6.45) is 0.618. The van der Waals surface area contributed by atoms with Gasteiger partial charge in [0.25, 0.3) is 0 Å². The molecule has 1 aromatic carbocycles.